The highest BCUT2D eigenvalue weighted by atomic mass is 16.5. The van der Waals surface area contributed by atoms with Gasteiger partial charge in [-0.1, -0.05) is 13.8 Å². The summed E-state index contributed by atoms with van der Waals surface area (Å²) in [7, 11) is 0. The van der Waals surface area contributed by atoms with E-state index in [2.05, 4.69) is 19.2 Å². The summed E-state index contributed by atoms with van der Waals surface area (Å²) in [4.78, 5) is 0. The Morgan fingerprint density at radius 2 is 1.94 bits per heavy atom. The molecule has 16 heavy (non-hydrogen) atoms. The molecule has 0 aromatic heterocycles. The fourth-order valence-electron chi connectivity index (χ4n) is 2.95. The Hall–Kier alpha value is -0.0800. The van der Waals surface area contributed by atoms with Crippen LogP contribution in [0.4, 0.5) is 0 Å². The molecule has 1 saturated carbocycles. The molecule has 2 aliphatic rings. The van der Waals surface area contributed by atoms with E-state index >= 15 is 0 Å². The van der Waals surface area contributed by atoms with E-state index in [1.165, 1.54) is 45.1 Å². The highest BCUT2D eigenvalue weighted by Gasteiger charge is 2.31. The number of nitrogens with one attached hydrogen (secondary N) is 1. The van der Waals surface area contributed by atoms with Gasteiger partial charge in [-0.2, -0.15) is 0 Å². The predicted octanol–water partition coefficient (Wildman–Crippen LogP) is 2.97. The van der Waals surface area contributed by atoms with Crippen molar-refractivity contribution in [3.8, 4) is 0 Å². The zero-order valence-corrected chi connectivity index (χ0v) is 10.9. The second kappa shape index (κ2) is 6.02. The lowest BCUT2D eigenvalue weighted by molar-refractivity contribution is 0.0791. The van der Waals surface area contributed by atoms with E-state index in [9.17, 15) is 0 Å². The molecule has 2 nitrogen and oxygen atoms in total. The fraction of sp³-hybridized carbons (Fsp3) is 1.00. The van der Waals surface area contributed by atoms with Crippen LogP contribution in [-0.2, 0) is 4.74 Å². The van der Waals surface area contributed by atoms with E-state index in [0.717, 1.165) is 18.4 Å². The number of hydrogen-bond donors (Lipinski definition) is 1. The standard InChI is InChI=1S/C14H27NO/c1-11(2)15-10-13-6-5-12(13)7-8-14-4-3-9-16-14/h11-15H,3-10H2,1-2H3. The van der Waals surface area contributed by atoms with E-state index in [-0.39, 0.29) is 0 Å². The summed E-state index contributed by atoms with van der Waals surface area (Å²) < 4.78 is 5.69. The van der Waals surface area contributed by atoms with Crippen LogP contribution in [0.2, 0.25) is 0 Å². The van der Waals surface area contributed by atoms with Gasteiger partial charge in [-0.05, 0) is 56.9 Å². The van der Waals surface area contributed by atoms with Crippen molar-refractivity contribution in [3.05, 3.63) is 0 Å². The molecule has 3 unspecified atom stereocenters. The largest absolute Gasteiger partial charge is 0.378 e. The van der Waals surface area contributed by atoms with Gasteiger partial charge in [0.1, 0.15) is 0 Å². The molecule has 1 aliphatic carbocycles. The minimum Gasteiger partial charge on any atom is -0.378 e. The first kappa shape index (κ1) is 12.4. The summed E-state index contributed by atoms with van der Waals surface area (Å²) >= 11 is 0. The molecular formula is C14H27NO. The van der Waals surface area contributed by atoms with Crippen molar-refractivity contribution >= 4 is 0 Å². The van der Waals surface area contributed by atoms with Gasteiger partial charge < -0.3 is 10.1 Å². The van der Waals surface area contributed by atoms with E-state index in [0.29, 0.717) is 12.1 Å². The average Bonchev–Trinajstić information content (AvgIpc) is 2.69. The van der Waals surface area contributed by atoms with Crippen LogP contribution in [0.15, 0.2) is 0 Å². The second-order valence-electron chi connectivity index (χ2n) is 5.87. The third-order valence-electron chi connectivity index (χ3n) is 4.25. The molecule has 3 atom stereocenters. The Morgan fingerprint density at radius 3 is 2.50 bits per heavy atom. The molecule has 1 saturated heterocycles. The number of hydrogen-bond acceptors (Lipinski definition) is 2. The summed E-state index contributed by atoms with van der Waals surface area (Å²) in [5.74, 6) is 1.93. The van der Waals surface area contributed by atoms with Crippen LogP contribution < -0.4 is 5.32 Å². The molecule has 0 bridgehead atoms. The Morgan fingerprint density at radius 1 is 1.12 bits per heavy atom. The number of rotatable bonds is 6. The first-order valence-electron chi connectivity index (χ1n) is 7.10. The molecule has 1 aliphatic heterocycles. The van der Waals surface area contributed by atoms with Gasteiger partial charge in [0.15, 0.2) is 0 Å². The van der Waals surface area contributed by atoms with Gasteiger partial charge in [0, 0.05) is 12.6 Å². The fourth-order valence-corrected chi connectivity index (χ4v) is 2.95. The molecule has 1 N–H and O–H groups in total. The van der Waals surface area contributed by atoms with Gasteiger partial charge in [-0.15, -0.1) is 0 Å². The Labute approximate surface area is 100 Å². The molecule has 0 spiro atoms. The molecule has 1 heterocycles. The second-order valence-corrected chi connectivity index (χ2v) is 5.87. The van der Waals surface area contributed by atoms with Crippen LogP contribution in [-0.4, -0.2) is 25.3 Å². The van der Waals surface area contributed by atoms with Crippen LogP contribution in [0.3, 0.4) is 0 Å². The van der Waals surface area contributed by atoms with Crippen LogP contribution in [0.25, 0.3) is 0 Å². The van der Waals surface area contributed by atoms with E-state index in [1.54, 1.807) is 0 Å². The Kier molecular flexibility index (Phi) is 4.66. The summed E-state index contributed by atoms with van der Waals surface area (Å²) in [5, 5.41) is 3.57. The van der Waals surface area contributed by atoms with Crippen LogP contribution in [0.5, 0.6) is 0 Å². The van der Waals surface area contributed by atoms with Crippen LogP contribution >= 0.6 is 0 Å². The Bertz CT molecular complexity index is 199. The van der Waals surface area contributed by atoms with Crippen molar-refractivity contribution < 1.29 is 4.74 Å². The van der Waals surface area contributed by atoms with Crippen LogP contribution in [0, 0.1) is 11.8 Å². The van der Waals surface area contributed by atoms with Gasteiger partial charge in [0.05, 0.1) is 6.10 Å². The maximum absolute atomic E-state index is 5.69. The lowest BCUT2D eigenvalue weighted by atomic mass is 9.71. The highest BCUT2D eigenvalue weighted by Crippen LogP contribution is 2.38. The zero-order valence-electron chi connectivity index (χ0n) is 10.9. The molecule has 0 aromatic carbocycles. The van der Waals surface area contributed by atoms with Gasteiger partial charge in [0.25, 0.3) is 0 Å². The van der Waals surface area contributed by atoms with E-state index in [4.69, 9.17) is 4.74 Å². The van der Waals surface area contributed by atoms with Crippen molar-refractivity contribution in [2.24, 2.45) is 11.8 Å². The van der Waals surface area contributed by atoms with Gasteiger partial charge in [-0.25, -0.2) is 0 Å². The Balaban J connectivity index is 1.58. The van der Waals surface area contributed by atoms with Crippen molar-refractivity contribution in [2.75, 3.05) is 13.2 Å². The summed E-state index contributed by atoms with van der Waals surface area (Å²) in [5.41, 5.74) is 0. The van der Waals surface area contributed by atoms with Crippen molar-refractivity contribution in [1.82, 2.24) is 5.32 Å². The monoisotopic (exact) mass is 225 g/mol. The van der Waals surface area contributed by atoms with Gasteiger partial charge >= 0.3 is 0 Å². The lowest BCUT2D eigenvalue weighted by Gasteiger charge is -2.38. The predicted molar refractivity (Wildman–Crippen MR) is 67.6 cm³/mol. The molecule has 2 heteroatoms. The van der Waals surface area contributed by atoms with Crippen molar-refractivity contribution in [2.45, 2.75) is 64.5 Å². The quantitative estimate of drug-likeness (QED) is 0.750. The van der Waals surface area contributed by atoms with E-state index < -0.39 is 0 Å². The van der Waals surface area contributed by atoms with Crippen LogP contribution in [0.1, 0.15) is 52.4 Å². The molecule has 2 fully saturated rings. The first-order valence-corrected chi connectivity index (χ1v) is 7.10. The summed E-state index contributed by atoms with van der Waals surface area (Å²) in [6.07, 6.45) is 8.79. The van der Waals surface area contributed by atoms with E-state index in [1.807, 2.05) is 0 Å². The summed E-state index contributed by atoms with van der Waals surface area (Å²) in [6, 6.07) is 0.638. The third-order valence-corrected chi connectivity index (χ3v) is 4.25. The maximum Gasteiger partial charge on any atom is 0.0576 e. The van der Waals surface area contributed by atoms with Crippen molar-refractivity contribution in [1.29, 1.82) is 0 Å². The SMILES string of the molecule is CC(C)NCC1CCC1CCC1CCCO1. The zero-order chi connectivity index (χ0) is 11.4. The summed E-state index contributed by atoms with van der Waals surface area (Å²) in [6.45, 7) is 6.71. The average molecular weight is 225 g/mol. The minimum atomic E-state index is 0.597. The first-order chi connectivity index (χ1) is 7.75. The normalized spacial score (nSPS) is 34.3. The molecular weight excluding hydrogens is 198 g/mol. The van der Waals surface area contributed by atoms with Gasteiger partial charge in [0.2, 0.25) is 0 Å². The molecule has 2 rings (SSSR count). The molecule has 0 radical (unpaired) electrons. The highest BCUT2D eigenvalue weighted by molar-refractivity contribution is 4.83. The topological polar surface area (TPSA) is 21.3 Å². The molecule has 94 valence electrons. The van der Waals surface area contributed by atoms with Gasteiger partial charge in [-0.3, -0.25) is 0 Å². The minimum absolute atomic E-state index is 0.597. The third kappa shape index (κ3) is 3.46. The molecule has 0 amide bonds. The smallest absolute Gasteiger partial charge is 0.0576 e. The number of ether oxygens (including phenoxy) is 1. The molecule has 0 aromatic rings. The lowest BCUT2D eigenvalue weighted by Crippen LogP contribution is -2.38. The maximum atomic E-state index is 5.69. The van der Waals surface area contributed by atoms with Crippen molar-refractivity contribution in [3.63, 3.8) is 0 Å².